The molecule has 0 aromatic heterocycles. The topological polar surface area (TPSA) is 58.6 Å². The van der Waals surface area contributed by atoms with E-state index in [0.717, 1.165) is 29.7 Å². The fourth-order valence-corrected chi connectivity index (χ4v) is 3.66. The minimum Gasteiger partial charge on any atom is -0.497 e. The molecule has 2 rings (SSSR count). The second kappa shape index (κ2) is 12.9. The van der Waals surface area contributed by atoms with Crippen molar-refractivity contribution in [3.05, 3.63) is 65.2 Å². The third kappa shape index (κ3) is 7.40. The average Bonchev–Trinajstić information content (AvgIpc) is 2.82. The van der Waals surface area contributed by atoms with Gasteiger partial charge in [-0.3, -0.25) is 9.59 Å². The highest BCUT2D eigenvalue weighted by atomic mass is 16.5. The fraction of sp³-hybridized carbons (Fsp3) is 0.481. The van der Waals surface area contributed by atoms with Gasteiger partial charge in [-0.1, -0.05) is 57.2 Å². The molecule has 0 saturated heterocycles. The van der Waals surface area contributed by atoms with Gasteiger partial charge in [-0.15, -0.1) is 0 Å². The third-order valence-electron chi connectivity index (χ3n) is 5.93. The number of aryl methyl sites for hydroxylation is 2. The van der Waals surface area contributed by atoms with Gasteiger partial charge < -0.3 is 15.0 Å². The van der Waals surface area contributed by atoms with Crippen LogP contribution in [0.1, 0.15) is 63.6 Å². The predicted octanol–water partition coefficient (Wildman–Crippen LogP) is 4.91. The second-order valence-electron chi connectivity index (χ2n) is 8.29. The Balaban J connectivity index is 2.21. The van der Waals surface area contributed by atoms with E-state index in [1.54, 1.807) is 12.0 Å². The molecule has 5 nitrogen and oxygen atoms in total. The summed E-state index contributed by atoms with van der Waals surface area (Å²) < 4.78 is 5.34. The maximum Gasteiger partial charge on any atom is 0.243 e. The summed E-state index contributed by atoms with van der Waals surface area (Å²) in [5.74, 6) is 0.631. The number of benzene rings is 2. The van der Waals surface area contributed by atoms with E-state index >= 15 is 0 Å². The van der Waals surface area contributed by atoms with Crippen LogP contribution in [0.2, 0.25) is 0 Å². The van der Waals surface area contributed by atoms with Crippen LogP contribution in [0.5, 0.6) is 5.75 Å². The lowest BCUT2D eigenvalue weighted by atomic mass is 10.0. The van der Waals surface area contributed by atoms with Crippen LogP contribution in [0.15, 0.2) is 48.5 Å². The number of nitrogens with zero attached hydrogens (tertiary/aromatic N) is 1. The average molecular weight is 439 g/mol. The first-order valence-electron chi connectivity index (χ1n) is 11.7. The van der Waals surface area contributed by atoms with Crippen molar-refractivity contribution in [1.82, 2.24) is 10.2 Å². The number of hydrogen-bond acceptors (Lipinski definition) is 3. The zero-order valence-electron chi connectivity index (χ0n) is 20.2. The van der Waals surface area contributed by atoms with E-state index in [9.17, 15) is 9.59 Å². The lowest BCUT2D eigenvalue weighted by molar-refractivity contribution is -0.141. The number of amides is 2. The first-order chi connectivity index (χ1) is 15.4. The molecule has 32 heavy (non-hydrogen) atoms. The van der Waals surface area contributed by atoms with Crippen LogP contribution >= 0.6 is 0 Å². The second-order valence-corrected chi connectivity index (χ2v) is 8.29. The molecular weight excluding hydrogens is 400 g/mol. The number of carbonyl (C=O) groups is 2. The number of carbonyl (C=O) groups excluding carboxylic acids is 2. The summed E-state index contributed by atoms with van der Waals surface area (Å²) >= 11 is 0. The standard InChI is InChI=1S/C27H38N2O3/c1-6-20(4)28-27(31)25(8-3)29(19-23-10-9-11-24(18-23)32-5)26(30)17-16-22-14-12-21(7-2)13-15-22/h9-15,18,20,25H,6-8,16-17,19H2,1-5H3,(H,28,31)/t20-,25+/m0/s1. The molecule has 0 aliphatic carbocycles. The Kier molecular flexibility index (Phi) is 10.3. The van der Waals surface area contributed by atoms with E-state index in [4.69, 9.17) is 4.74 Å². The molecule has 0 fully saturated rings. The highest BCUT2D eigenvalue weighted by Gasteiger charge is 2.29. The lowest BCUT2D eigenvalue weighted by Crippen LogP contribution is -2.50. The van der Waals surface area contributed by atoms with Crippen LogP contribution in [0.25, 0.3) is 0 Å². The molecule has 0 aliphatic rings. The Hall–Kier alpha value is -2.82. The van der Waals surface area contributed by atoms with E-state index in [2.05, 4.69) is 36.5 Å². The van der Waals surface area contributed by atoms with Gasteiger partial charge in [-0.05, 0) is 61.4 Å². The van der Waals surface area contributed by atoms with Gasteiger partial charge in [0.25, 0.3) is 0 Å². The van der Waals surface area contributed by atoms with Crippen LogP contribution < -0.4 is 10.1 Å². The SMILES string of the molecule is CCc1ccc(CCC(=O)N(Cc2cccc(OC)c2)[C@H](CC)C(=O)N[C@@H](C)CC)cc1. The summed E-state index contributed by atoms with van der Waals surface area (Å²) in [7, 11) is 1.63. The Morgan fingerprint density at radius 3 is 2.25 bits per heavy atom. The summed E-state index contributed by atoms with van der Waals surface area (Å²) in [5, 5.41) is 3.05. The molecule has 0 spiro atoms. The number of methoxy groups -OCH3 is 1. The van der Waals surface area contributed by atoms with Crippen LogP contribution in [-0.2, 0) is 29.0 Å². The van der Waals surface area contributed by atoms with Crippen LogP contribution in [-0.4, -0.2) is 35.9 Å². The Morgan fingerprint density at radius 1 is 0.969 bits per heavy atom. The van der Waals surface area contributed by atoms with Gasteiger partial charge in [0, 0.05) is 19.0 Å². The maximum atomic E-state index is 13.4. The molecule has 2 aromatic rings. The molecule has 0 radical (unpaired) electrons. The monoisotopic (exact) mass is 438 g/mol. The summed E-state index contributed by atoms with van der Waals surface area (Å²) in [6.45, 7) is 8.48. The van der Waals surface area contributed by atoms with Crippen molar-refractivity contribution in [3.8, 4) is 5.75 Å². The van der Waals surface area contributed by atoms with Gasteiger partial charge in [-0.25, -0.2) is 0 Å². The normalized spacial score (nSPS) is 12.7. The molecule has 0 aliphatic heterocycles. The van der Waals surface area contributed by atoms with Gasteiger partial charge in [0.2, 0.25) is 11.8 Å². The summed E-state index contributed by atoms with van der Waals surface area (Å²) in [6.07, 6.45) is 3.42. The van der Waals surface area contributed by atoms with Crippen LogP contribution in [0.4, 0.5) is 0 Å². The number of ether oxygens (including phenoxy) is 1. The van der Waals surface area contributed by atoms with Crippen molar-refractivity contribution in [1.29, 1.82) is 0 Å². The maximum absolute atomic E-state index is 13.4. The van der Waals surface area contributed by atoms with E-state index in [-0.39, 0.29) is 17.9 Å². The predicted molar refractivity (Wildman–Crippen MR) is 130 cm³/mol. The van der Waals surface area contributed by atoms with Crippen LogP contribution in [0, 0.1) is 0 Å². The first kappa shape index (κ1) is 25.4. The Labute approximate surface area is 193 Å². The first-order valence-corrected chi connectivity index (χ1v) is 11.7. The van der Waals surface area contributed by atoms with Gasteiger partial charge in [-0.2, -0.15) is 0 Å². The van der Waals surface area contributed by atoms with E-state index in [1.807, 2.05) is 45.0 Å². The number of rotatable bonds is 12. The van der Waals surface area contributed by atoms with E-state index < -0.39 is 6.04 Å². The zero-order valence-corrected chi connectivity index (χ0v) is 20.2. The van der Waals surface area contributed by atoms with E-state index in [1.165, 1.54) is 5.56 Å². The fourth-order valence-electron chi connectivity index (χ4n) is 3.66. The Morgan fingerprint density at radius 2 is 1.66 bits per heavy atom. The smallest absolute Gasteiger partial charge is 0.243 e. The van der Waals surface area contributed by atoms with Gasteiger partial charge in [0.05, 0.1) is 7.11 Å². The highest BCUT2D eigenvalue weighted by molar-refractivity contribution is 5.88. The molecule has 1 N–H and O–H groups in total. The molecule has 0 bridgehead atoms. The largest absolute Gasteiger partial charge is 0.497 e. The molecule has 2 amide bonds. The molecule has 174 valence electrons. The molecule has 5 heteroatoms. The number of hydrogen-bond donors (Lipinski definition) is 1. The zero-order chi connectivity index (χ0) is 23.5. The molecule has 0 saturated carbocycles. The summed E-state index contributed by atoms with van der Waals surface area (Å²) in [4.78, 5) is 28.1. The van der Waals surface area contributed by atoms with Crippen molar-refractivity contribution in [2.24, 2.45) is 0 Å². The minimum atomic E-state index is -0.509. The molecule has 2 atom stereocenters. The molecule has 2 aromatic carbocycles. The lowest BCUT2D eigenvalue weighted by Gasteiger charge is -2.31. The van der Waals surface area contributed by atoms with Gasteiger partial charge >= 0.3 is 0 Å². The summed E-state index contributed by atoms with van der Waals surface area (Å²) in [5.41, 5.74) is 3.36. The molecule has 0 unspecified atom stereocenters. The van der Waals surface area contributed by atoms with Crippen molar-refractivity contribution in [3.63, 3.8) is 0 Å². The molecule has 0 heterocycles. The van der Waals surface area contributed by atoms with Gasteiger partial charge in [0.15, 0.2) is 0 Å². The minimum absolute atomic E-state index is 0.0152. The van der Waals surface area contributed by atoms with Gasteiger partial charge in [0.1, 0.15) is 11.8 Å². The third-order valence-corrected chi connectivity index (χ3v) is 5.93. The van der Waals surface area contributed by atoms with Crippen molar-refractivity contribution >= 4 is 11.8 Å². The molecular formula is C27H38N2O3. The summed E-state index contributed by atoms with van der Waals surface area (Å²) in [6, 6.07) is 15.6. The highest BCUT2D eigenvalue weighted by Crippen LogP contribution is 2.19. The van der Waals surface area contributed by atoms with Crippen LogP contribution in [0.3, 0.4) is 0 Å². The van der Waals surface area contributed by atoms with Crippen molar-refractivity contribution in [2.45, 2.75) is 78.4 Å². The Bertz CT molecular complexity index is 863. The van der Waals surface area contributed by atoms with E-state index in [0.29, 0.717) is 25.8 Å². The number of nitrogens with one attached hydrogen (secondary N) is 1. The van der Waals surface area contributed by atoms with Crippen molar-refractivity contribution in [2.75, 3.05) is 7.11 Å². The quantitative estimate of drug-likeness (QED) is 0.512. The van der Waals surface area contributed by atoms with Crippen molar-refractivity contribution < 1.29 is 14.3 Å².